The van der Waals surface area contributed by atoms with Crippen LogP contribution in [0.3, 0.4) is 0 Å². The van der Waals surface area contributed by atoms with Gasteiger partial charge >= 0.3 is 5.97 Å². The second kappa shape index (κ2) is 4.53. The largest absolute Gasteiger partial charge is 0.497 e. The Morgan fingerprint density at radius 3 is 2.58 bits per heavy atom. The summed E-state index contributed by atoms with van der Waals surface area (Å²) in [6.45, 7) is 5.25. The quantitative estimate of drug-likeness (QED) is 0.920. The lowest BCUT2D eigenvalue weighted by Gasteiger charge is -2.19. The number of carboxylic acid groups (broad SMARTS) is 1. The van der Waals surface area contributed by atoms with Crippen molar-refractivity contribution in [3.8, 4) is 5.75 Å². The van der Waals surface area contributed by atoms with Gasteiger partial charge in [-0.15, -0.1) is 0 Å². The average Bonchev–Trinajstić information content (AvgIpc) is 2.37. The minimum Gasteiger partial charge on any atom is -0.497 e. The van der Waals surface area contributed by atoms with E-state index in [-0.39, 0.29) is 0 Å². The van der Waals surface area contributed by atoms with Gasteiger partial charge in [0.1, 0.15) is 11.2 Å². The summed E-state index contributed by atoms with van der Waals surface area (Å²) in [5.41, 5.74) is 1.34. The SMILES string of the molecule is COc1cc(C)c2nc(C(C)(C)C(=O)O)ccc2c1. The van der Waals surface area contributed by atoms with Gasteiger partial charge in [-0.25, -0.2) is 0 Å². The molecule has 0 aliphatic rings. The average molecular weight is 259 g/mol. The molecule has 0 spiro atoms. The molecule has 1 aromatic heterocycles. The Morgan fingerprint density at radius 2 is 2.00 bits per heavy atom. The monoisotopic (exact) mass is 259 g/mol. The summed E-state index contributed by atoms with van der Waals surface area (Å²) in [6, 6.07) is 7.44. The zero-order valence-electron chi connectivity index (χ0n) is 11.5. The first-order valence-corrected chi connectivity index (χ1v) is 6.05. The second-order valence-electron chi connectivity index (χ2n) is 5.14. The summed E-state index contributed by atoms with van der Waals surface area (Å²) >= 11 is 0. The van der Waals surface area contributed by atoms with Gasteiger partial charge in [-0.05, 0) is 44.5 Å². The first-order valence-electron chi connectivity index (χ1n) is 6.05. The van der Waals surface area contributed by atoms with Crippen molar-refractivity contribution >= 4 is 16.9 Å². The van der Waals surface area contributed by atoms with Crippen LogP contribution in [0.15, 0.2) is 24.3 Å². The Kier molecular flexibility index (Phi) is 3.18. The highest BCUT2D eigenvalue weighted by Crippen LogP contribution is 2.28. The van der Waals surface area contributed by atoms with Gasteiger partial charge in [-0.1, -0.05) is 6.07 Å². The Bertz CT molecular complexity index is 647. The molecule has 1 heterocycles. The van der Waals surface area contributed by atoms with Crippen LogP contribution in [0, 0.1) is 6.92 Å². The smallest absolute Gasteiger partial charge is 0.315 e. The topological polar surface area (TPSA) is 59.4 Å². The molecule has 0 unspecified atom stereocenters. The van der Waals surface area contributed by atoms with E-state index in [2.05, 4.69) is 4.98 Å². The predicted octanol–water partition coefficient (Wildman–Crippen LogP) is 2.91. The van der Waals surface area contributed by atoms with E-state index in [9.17, 15) is 9.90 Å². The van der Waals surface area contributed by atoms with Crippen molar-refractivity contribution in [3.05, 3.63) is 35.5 Å². The number of rotatable bonds is 3. The number of hydrogen-bond acceptors (Lipinski definition) is 3. The normalized spacial score (nSPS) is 11.6. The summed E-state index contributed by atoms with van der Waals surface area (Å²) in [6.07, 6.45) is 0. The van der Waals surface area contributed by atoms with Crippen LogP contribution in [-0.4, -0.2) is 23.2 Å². The number of aliphatic carboxylic acids is 1. The number of hydrogen-bond donors (Lipinski definition) is 1. The number of nitrogens with zero attached hydrogens (tertiary/aromatic N) is 1. The Hall–Kier alpha value is -2.10. The van der Waals surface area contributed by atoms with E-state index in [0.717, 1.165) is 22.2 Å². The fourth-order valence-corrected chi connectivity index (χ4v) is 1.95. The lowest BCUT2D eigenvalue weighted by molar-refractivity contribution is -0.142. The highest BCUT2D eigenvalue weighted by Gasteiger charge is 2.31. The van der Waals surface area contributed by atoms with E-state index in [1.807, 2.05) is 25.1 Å². The van der Waals surface area contributed by atoms with Gasteiger partial charge in [0, 0.05) is 5.39 Å². The first-order chi connectivity index (χ1) is 8.86. The number of carboxylic acids is 1. The van der Waals surface area contributed by atoms with E-state index in [4.69, 9.17) is 4.74 Å². The molecule has 0 bridgehead atoms. The number of aryl methyl sites for hydroxylation is 1. The molecule has 0 amide bonds. The van der Waals surface area contributed by atoms with Crippen LogP contribution < -0.4 is 4.74 Å². The summed E-state index contributed by atoms with van der Waals surface area (Å²) in [5.74, 6) is -0.109. The summed E-state index contributed by atoms with van der Waals surface area (Å²) in [4.78, 5) is 15.8. The van der Waals surface area contributed by atoms with E-state index in [1.54, 1.807) is 27.0 Å². The maximum atomic E-state index is 11.3. The molecule has 1 aromatic carbocycles. The maximum Gasteiger partial charge on any atom is 0.315 e. The van der Waals surface area contributed by atoms with E-state index in [0.29, 0.717) is 5.69 Å². The molecule has 2 aromatic rings. The Labute approximate surface area is 112 Å². The van der Waals surface area contributed by atoms with Crippen molar-refractivity contribution in [3.63, 3.8) is 0 Å². The molecule has 4 heteroatoms. The van der Waals surface area contributed by atoms with Crippen LogP contribution in [0.4, 0.5) is 0 Å². The Morgan fingerprint density at radius 1 is 1.32 bits per heavy atom. The molecule has 1 N–H and O–H groups in total. The summed E-state index contributed by atoms with van der Waals surface area (Å²) in [5, 5.41) is 10.2. The minimum atomic E-state index is -0.999. The van der Waals surface area contributed by atoms with Gasteiger partial charge in [-0.2, -0.15) is 0 Å². The van der Waals surface area contributed by atoms with Gasteiger partial charge in [0.15, 0.2) is 0 Å². The number of ether oxygens (including phenoxy) is 1. The molecule has 0 aliphatic heterocycles. The van der Waals surface area contributed by atoms with Crippen LogP contribution in [-0.2, 0) is 10.2 Å². The predicted molar refractivity (Wildman–Crippen MR) is 73.7 cm³/mol. The van der Waals surface area contributed by atoms with Crippen molar-refractivity contribution in [2.45, 2.75) is 26.2 Å². The summed E-state index contributed by atoms with van der Waals surface area (Å²) < 4.78 is 5.22. The molecule has 0 saturated carbocycles. The number of fused-ring (bicyclic) bond motifs is 1. The fourth-order valence-electron chi connectivity index (χ4n) is 1.95. The van der Waals surface area contributed by atoms with E-state index >= 15 is 0 Å². The first kappa shape index (κ1) is 13.3. The standard InChI is InChI=1S/C15H17NO3/c1-9-7-11(19-4)8-10-5-6-12(16-13(9)10)15(2,3)14(17)18/h5-8H,1-4H3,(H,17,18). The zero-order valence-corrected chi connectivity index (χ0v) is 11.5. The molecule has 2 rings (SSSR count). The third-order valence-electron chi connectivity index (χ3n) is 3.37. The van der Waals surface area contributed by atoms with Gasteiger partial charge in [0.05, 0.1) is 18.3 Å². The molecule has 0 radical (unpaired) electrons. The van der Waals surface area contributed by atoms with Gasteiger partial charge < -0.3 is 9.84 Å². The van der Waals surface area contributed by atoms with Crippen LogP contribution in [0.5, 0.6) is 5.75 Å². The lowest BCUT2D eigenvalue weighted by Crippen LogP contribution is -2.29. The van der Waals surface area contributed by atoms with Crippen molar-refractivity contribution in [1.29, 1.82) is 0 Å². The molecule has 0 aliphatic carbocycles. The van der Waals surface area contributed by atoms with Crippen molar-refractivity contribution in [2.75, 3.05) is 7.11 Å². The fraction of sp³-hybridized carbons (Fsp3) is 0.333. The Balaban J connectivity index is 2.65. The molecule has 0 saturated heterocycles. The molecule has 4 nitrogen and oxygen atoms in total. The molecule has 19 heavy (non-hydrogen) atoms. The molecular formula is C15H17NO3. The minimum absolute atomic E-state index is 0.556. The van der Waals surface area contributed by atoms with E-state index < -0.39 is 11.4 Å². The highest BCUT2D eigenvalue weighted by molar-refractivity contribution is 5.85. The third-order valence-corrected chi connectivity index (χ3v) is 3.37. The van der Waals surface area contributed by atoms with Crippen LogP contribution >= 0.6 is 0 Å². The van der Waals surface area contributed by atoms with Crippen LogP contribution in [0.25, 0.3) is 10.9 Å². The van der Waals surface area contributed by atoms with Gasteiger partial charge in [0.2, 0.25) is 0 Å². The van der Waals surface area contributed by atoms with Gasteiger partial charge in [-0.3, -0.25) is 9.78 Å². The van der Waals surface area contributed by atoms with Gasteiger partial charge in [0.25, 0.3) is 0 Å². The third kappa shape index (κ3) is 2.26. The number of carbonyl (C=O) groups is 1. The van der Waals surface area contributed by atoms with Crippen LogP contribution in [0.2, 0.25) is 0 Å². The van der Waals surface area contributed by atoms with Crippen molar-refractivity contribution < 1.29 is 14.6 Å². The molecule has 0 fully saturated rings. The molecular weight excluding hydrogens is 242 g/mol. The number of pyridine rings is 1. The number of benzene rings is 1. The van der Waals surface area contributed by atoms with Crippen molar-refractivity contribution in [2.24, 2.45) is 0 Å². The summed E-state index contributed by atoms with van der Waals surface area (Å²) in [7, 11) is 1.62. The molecule has 0 atom stereocenters. The van der Waals surface area contributed by atoms with E-state index in [1.165, 1.54) is 0 Å². The second-order valence-corrected chi connectivity index (χ2v) is 5.14. The maximum absolute atomic E-state index is 11.3. The molecule has 100 valence electrons. The van der Waals surface area contributed by atoms with Crippen LogP contribution in [0.1, 0.15) is 25.1 Å². The van der Waals surface area contributed by atoms with Crippen molar-refractivity contribution in [1.82, 2.24) is 4.98 Å². The lowest BCUT2D eigenvalue weighted by atomic mass is 9.88. The highest BCUT2D eigenvalue weighted by atomic mass is 16.5. The number of methoxy groups -OCH3 is 1. The number of aromatic nitrogens is 1. The zero-order chi connectivity index (χ0) is 14.2.